The molecular weight excluding hydrogens is 394 g/mol. The van der Waals surface area contributed by atoms with E-state index < -0.39 is 0 Å². The standard InChI is InChI=1S/C24H18ClNS.C2H6/c1-16-10-12-17-14-18(25)15-22(19(17)13-11-16)26-20-6-2-4-8-23(20)27-24-9-5-3-7-21(24)26;1-2/h2-9,12,14-15H,11,13H2,1H3;1-2H3. The summed E-state index contributed by atoms with van der Waals surface area (Å²) in [5.41, 5.74) is 10.8. The molecule has 3 aromatic rings. The van der Waals surface area contributed by atoms with Gasteiger partial charge in [0, 0.05) is 14.8 Å². The van der Waals surface area contributed by atoms with Gasteiger partial charge in [0.1, 0.15) is 0 Å². The Hall–Kier alpha value is -2.38. The van der Waals surface area contributed by atoms with Gasteiger partial charge >= 0.3 is 0 Å². The van der Waals surface area contributed by atoms with Crippen LogP contribution in [0.1, 0.15) is 38.3 Å². The second-order valence-corrected chi connectivity index (χ2v) is 8.45. The van der Waals surface area contributed by atoms with Crippen molar-refractivity contribution in [3.05, 3.63) is 88.1 Å². The molecule has 2 aliphatic rings. The molecule has 0 fully saturated rings. The molecular formula is C26H24ClNS. The SMILES string of the molecule is CC.CC1=C=Cc2cc(Cl)cc(N3c4ccccc4Sc4ccccc43)c2CC1. The summed E-state index contributed by atoms with van der Waals surface area (Å²) in [5.74, 6) is 0. The molecule has 3 heteroatoms. The van der Waals surface area contributed by atoms with Gasteiger partial charge in [0.25, 0.3) is 0 Å². The number of rotatable bonds is 1. The van der Waals surface area contributed by atoms with Crippen LogP contribution in [-0.2, 0) is 6.42 Å². The summed E-state index contributed by atoms with van der Waals surface area (Å²) >= 11 is 8.39. The second kappa shape index (κ2) is 8.55. The summed E-state index contributed by atoms with van der Waals surface area (Å²) in [4.78, 5) is 4.91. The zero-order valence-corrected chi connectivity index (χ0v) is 18.6. The molecule has 0 bridgehead atoms. The summed E-state index contributed by atoms with van der Waals surface area (Å²) < 4.78 is 0. The van der Waals surface area contributed by atoms with E-state index in [-0.39, 0.29) is 0 Å². The second-order valence-electron chi connectivity index (χ2n) is 6.93. The molecule has 146 valence electrons. The molecule has 3 aromatic carbocycles. The molecule has 0 amide bonds. The summed E-state index contributed by atoms with van der Waals surface area (Å²) in [6, 6.07) is 21.4. The van der Waals surface area contributed by atoms with E-state index in [1.165, 1.54) is 43.6 Å². The lowest BCUT2D eigenvalue weighted by molar-refractivity contribution is 0.942. The minimum absolute atomic E-state index is 0.759. The first-order valence-electron chi connectivity index (χ1n) is 10.1. The molecule has 0 saturated heterocycles. The van der Waals surface area contributed by atoms with Crippen LogP contribution in [-0.4, -0.2) is 0 Å². The average Bonchev–Trinajstić information content (AvgIpc) is 2.94. The fourth-order valence-electron chi connectivity index (χ4n) is 3.79. The van der Waals surface area contributed by atoms with E-state index in [0.29, 0.717) is 0 Å². The van der Waals surface area contributed by atoms with Crippen LogP contribution in [0.25, 0.3) is 6.08 Å². The Labute approximate surface area is 182 Å². The maximum absolute atomic E-state index is 6.56. The Bertz CT molecular complexity index is 1080. The molecule has 0 unspecified atom stereocenters. The van der Waals surface area contributed by atoms with E-state index >= 15 is 0 Å². The van der Waals surface area contributed by atoms with Gasteiger partial charge in [0.2, 0.25) is 0 Å². The number of anilines is 3. The molecule has 1 aliphatic carbocycles. The smallest absolute Gasteiger partial charge is 0.0601 e. The van der Waals surface area contributed by atoms with Crippen LogP contribution in [0.4, 0.5) is 17.1 Å². The Morgan fingerprint density at radius 1 is 0.862 bits per heavy atom. The van der Waals surface area contributed by atoms with E-state index in [4.69, 9.17) is 11.6 Å². The maximum Gasteiger partial charge on any atom is 0.0601 e. The topological polar surface area (TPSA) is 3.24 Å². The number of allylic oxidation sites excluding steroid dienone is 1. The number of halogens is 1. The Balaban J connectivity index is 0.000000994. The number of para-hydroxylation sites is 2. The first-order chi connectivity index (χ1) is 14.2. The van der Waals surface area contributed by atoms with E-state index in [1.54, 1.807) is 0 Å². The van der Waals surface area contributed by atoms with Gasteiger partial charge in [-0.05, 0) is 78.9 Å². The van der Waals surface area contributed by atoms with Crippen LogP contribution >= 0.6 is 23.4 Å². The van der Waals surface area contributed by atoms with Crippen molar-refractivity contribution >= 4 is 46.5 Å². The van der Waals surface area contributed by atoms with Gasteiger partial charge in [-0.2, -0.15) is 0 Å². The van der Waals surface area contributed by atoms with Gasteiger partial charge in [-0.1, -0.05) is 61.5 Å². The van der Waals surface area contributed by atoms with Crippen molar-refractivity contribution < 1.29 is 0 Å². The van der Waals surface area contributed by atoms with Crippen molar-refractivity contribution in [2.24, 2.45) is 0 Å². The van der Waals surface area contributed by atoms with Crippen LogP contribution in [0.2, 0.25) is 5.02 Å². The molecule has 0 aromatic heterocycles. The van der Waals surface area contributed by atoms with Crippen molar-refractivity contribution in [1.82, 2.24) is 0 Å². The highest BCUT2D eigenvalue weighted by atomic mass is 35.5. The molecule has 0 saturated carbocycles. The Morgan fingerprint density at radius 2 is 1.48 bits per heavy atom. The fraction of sp³-hybridized carbons (Fsp3) is 0.192. The van der Waals surface area contributed by atoms with E-state index in [9.17, 15) is 0 Å². The van der Waals surface area contributed by atoms with Gasteiger partial charge in [0.15, 0.2) is 0 Å². The zero-order chi connectivity index (χ0) is 20.4. The van der Waals surface area contributed by atoms with Crippen molar-refractivity contribution in [3.63, 3.8) is 0 Å². The van der Waals surface area contributed by atoms with Crippen molar-refractivity contribution in [2.75, 3.05) is 4.90 Å². The number of nitrogens with zero attached hydrogens (tertiary/aromatic N) is 1. The highest BCUT2D eigenvalue weighted by molar-refractivity contribution is 7.99. The lowest BCUT2D eigenvalue weighted by atomic mass is 9.99. The largest absolute Gasteiger partial charge is 0.308 e. The van der Waals surface area contributed by atoms with Crippen molar-refractivity contribution in [1.29, 1.82) is 0 Å². The average molecular weight is 418 g/mol. The minimum Gasteiger partial charge on any atom is -0.308 e. The Morgan fingerprint density at radius 3 is 2.14 bits per heavy atom. The van der Waals surface area contributed by atoms with Crippen LogP contribution in [0.5, 0.6) is 0 Å². The van der Waals surface area contributed by atoms with Crippen LogP contribution in [0.3, 0.4) is 0 Å². The van der Waals surface area contributed by atoms with Gasteiger partial charge in [0.05, 0.1) is 17.1 Å². The molecule has 5 rings (SSSR count). The molecule has 0 atom stereocenters. The van der Waals surface area contributed by atoms with Gasteiger partial charge in [-0.15, -0.1) is 5.73 Å². The summed E-state index contributed by atoms with van der Waals surface area (Å²) in [6.07, 6.45) is 4.10. The molecule has 0 N–H and O–H groups in total. The molecule has 29 heavy (non-hydrogen) atoms. The molecule has 0 spiro atoms. The number of fused-ring (bicyclic) bond motifs is 3. The van der Waals surface area contributed by atoms with E-state index in [2.05, 4.69) is 84.3 Å². The highest BCUT2D eigenvalue weighted by Crippen LogP contribution is 2.52. The third-order valence-electron chi connectivity index (χ3n) is 5.12. The van der Waals surface area contributed by atoms with E-state index in [0.717, 1.165) is 17.9 Å². The summed E-state index contributed by atoms with van der Waals surface area (Å²) in [6.45, 7) is 6.14. The van der Waals surface area contributed by atoms with Crippen LogP contribution in [0, 0.1) is 0 Å². The van der Waals surface area contributed by atoms with Crippen LogP contribution < -0.4 is 4.90 Å². The van der Waals surface area contributed by atoms with Gasteiger partial charge < -0.3 is 4.90 Å². The molecule has 1 heterocycles. The monoisotopic (exact) mass is 417 g/mol. The van der Waals surface area contributed by atoms with Gasteiger partial charge in [-0.25, -0.2) is 0 Å². The highest BCUT2D eigenvalue weighted by Gasteiger charge is 2.27. The predicted octanol–water partition coefficient (Wildman–Crippen LogP) is 8.81. The summed E-state index contributed by atoms with van der Waals surface area (Å²) in [7, 11) is 0. The number of benzene rings is 3. The Kier molecular flexibility index (Phi) is 5.87. The predicted molar refractivity (Wildman–Crippen MR) is 127 cm³/mol. The fourth-order valence-corrected chi connectivity index (χ4v) is 5.07. The molecule has 1 nitrogen and oxygen atoms in total. The molecule has 0 radical (unpaired) electrons. The normalized spacial score (nSPS) is 13.9. The van der Waals surface area contributed by atoms with Crippen molar-refractivity contribution in [2.45, 2.75) is 43.4 Å². The van der Waals surface area contributed by atoms with Crippen molar-refractivity contribution in [3.8, 4) is 0 Å². The third-order valence-corrected chi connectivity index (χ3v) is 6.47. The lowest BCUT2D eigenvalue weighted by Gasteiger charge is -2.34. The van der Waals surface area contributed by atoms with Gasteiger partial charge in [-0.3, -0.25) is 0 Å². The quantitative estimate of drug-likeness (QED) is 0.284. The summed E-state index contributed by atoms with van der Waals surface area (Å²) in [5, 5.41) is 0.759. The minimum atomic E-state index is 0.759. The first kappa shape index (κ1) is 19.9. The third kappa shape index (κ3) is 3.76. The van der Waals surface area contributed by atoms with E-state index in [1.807, 2.05) is 25.6 Å². The molecule has 1 aliphatic heterocycles. The van der Waals surface area contributed by atoms with Crippen LogP contribution in [0.15, 0.2) is 81.8 Å². The maximum atomic E-state index is 6.56. The lowest BCUT2D eigenvalue weighted by Crippen LogP contribution is -2.17. The first-order valence-corrected chi connectivity index (χ1v) is 11.3. The number of hydrogen-bond donors (Lipinski definition) is 0. The zero-order valence-electron chi connectivity index (χ0n) is 17.0. The number of hydrogen-bond acceptors (Lipinski definition) is 2.